The van der Waals surface area contributed by atoms with Gasteiger partial charge in [-0.2, -0.15) is 19.0 Å². The molecule has 2 aromatic heterocycles. The average Bonchev–Trinajstić information content (AvgIpc) is 3.23. The van der Waals surface area contributed by atoms with Crippen molar-refractivity contribution in [2.24, 2.45) is 0 Å². The lowest BCUT2D eigenvalue weighted by atomic mass is 10.2. The molecule has 2 heterocycles. The lowest BCUT2D eigenvalue weighted by molar-refractivity contribution is -0.274. The van der Waals surface area contributed by atoms with Gasteiger partial charge < -0.3 is 9.47 Å². The molecule has 0 aliphatic carbocycles. The maximum absolute atomic E-state index is 12.6. The van der Waals surface area contributed by atoms with Crippen LogP contribution in [0, 0.1) is 0 Å². The molecule has 0 aliphatic heterocycles. The van der Waals surface area contributed by atoms with Crippen LogP contribution >= 0.6 is 0 Å². The van der Waals surface area contributed by atoms with E-state index >= 15 is 0 Å². The van der Waals surface area contributed by atoms with Gasteiger partial charge in [-0.05, 0) is 42.5 Å². The number of aromatic nitrogens is 4. The van der Waals surface area contributed by atoms with Gasteiger partial charge in [0.05, 0.1) is 23.3 Å². The van der Waals surface area contributed by atoms with E-state index in [1.165, 1.54) is 70.3 Å². The molecule has 0 atom stereocenters. The first kappa shape index (κ1) is 22.0. The van der Waals surface area contributed by atoms with Crippen molar-refractivity contribution in [1.82, 2.24) is 19.6 Å². The van der Waals surface area contributed by atoms with E-state index < -0.39 is 24.2 Å². The number of alkyl halides is 5. The van der Waals surface area contributed by atoms with E-state index in [4.69, 9.17) is 0 Å². The van der Waals surface area contributed by atoms with Crippen LogP contribution in [-0.2, 0) is 0 Å². The number of hydrogen-bond acceptors (Lipinski definition) is 5. The van der Waals surface area contributed by atoms with Crippen molar-refractivity contribution in [3.63, 3.8) is 0 Å². The minimum atomic E-state index is -4.86. The van der Waals surface area contributed by atoms with E-state index in [0.717, 1.165) is 12.1 Å². The summed E-state index contributed by atoms with van der Waals surface area (Å²) in [6.45, 7) is -2.96. The third kappa shape index (κ3) is 5.17. The van der Waals surface area contributed by atoms with E-state index in [2.05, 4.69) is 19.7 Å². The number of ether oxygens (including phenoxy) is 2. The normalized spacial score (nSPS) is 11.6. The molecule has 0 fully saturated rings. The highest BCUT2D eigenvalue weighted by atomic mass is 19.4. The molecule has 0 saturated carbocycles. The highest BCUT2D eigenvalue weighted by Gasteiger charge is 2.31. The molecule has 4 aromatic rings. The molecule has 170 valence electrons. The van der Waals surface area contributed by atoms with Crippen LogP contribution < -0.4 is 14.9 Å². The number of rotatable bonds is 6. The molecule has 4 rings (SSSR count). The van der Waals surface area contributed by atoms with Crippen LogP contribution in [0.2, 0.25) is 0 Å². The molecule has 0 bridgehead atoms. The molecule has 0 unspecified atom stereocenters. The Kier molecular flexibility index (Phi) is 5.82. The topological polar surface area (TPSA) is 71.2 Å². The molecule has 0 saturated heterocycles. The van der Waals surface area contributed by atoms with Crippen LogP contribution in [0.3, 0.4) is 0 Å². The fourth-order valence-corrected chi connectivity index (χ4v) is 3.01. The van der Waals surface area contributed by atoms with Gasteiger partial charge in [-0.3, -0.25) is 4.79 Å². The molecule has 33 heavy (non-hydrogen) atoms. The van der Waals surface area contributed by atoms with Crippen molar-refractivity contribution in [2.75, 3.05) is 0 Å². The van der Waals surface area contributed by atoms with E-state index in [9.17, 15) is 26.7 Å². The van der Waals surface area contributed by atoms with Crippen LogP contribution in [0.15, 0.2) is 77.9 Å². The van der Waals surface area contributed by atoms with Crippen LogP contribution in [0.1, 0.15) is 0 Å². The molecular formula is C21H13F5N4O3. The fraction of sp³-hybridized carbons (Fsp3) is 0.0952. The van der Waals surface area contributed by atoms with Gasteiger partial charge in [-0.1, -0.05) is 6.07 Å². The summed E-state index contributed by atoms with van der Waals surface area (Å²) in [6.07, 6.45) is -2.12. The maximum atomic E-state index is 12.6. The van der Waals surface area contributed by atoms with Crippen molar-refractivity contribution in [1.29, 1.82) is 0 Å². The molecule has 0 spiro atoms. The molecule has 0 aliphatic rings. The van der Waals surface area contributed by atoms with Gasteiger partial charge in [0.25, 0.3) is 0 Å². The molecule has 2 aromatic carbocycles. The van der Waals surface area contributed by atoms with Crippen molar-refractivity contribution >= 4 is 0 Å². The molecule has 7 nitrogen and oxygen atoms in total. The van der Waals surface area contributed by atoms with Gasteiger partial charge in [0, 0.05) is 18.3 Å². The van der Waals surface area contributed by atoms with Gasteiger partial charge in [0.2, 0.25) is 5.43 Å². The minimum Gasteiger partial charge on any atom is -0.435 e. The average molecular weight is 464 g/mol. The van der Waals surface area contributed by atoms with Gasteiger partial charge in [-0.25, -0.2) is 9.36 Å². The number of nitrogens with zero attached hydrogens (tertiary/aromatic N) is 4. The molecule has 0 amide bonds. The molecule has 0 N–H and O–H groups in total. The number of hydrogen-bond donors (Lipinski definition) is 0. The van der Waals surface area contributed by atoms with Crippen LogP contribution in [-0.4, -0.2) is 32.5 Å². The number of halogens is 5. The molecule has 12 heteroatoms. The van der Waals surface area contributed by atoms with Gasteiger partial charge >= 0.3 is 13.0 Å². The second kappa shape index (κ2) is 8.73. The minimum absolute atomic E-state index is 0.0370. The Morgan fingerprint density at radius 3 is 2.36 bits per heavy atom. The Morgan fingerprint density at radius 1 is 0.909 bits per heavy atom. The third-order valence-corrected chi connectivity index (χ3v) is 4.32. The summed E-state index contributed by atoms with van der Waals surface area (Å²) in [7, 11) is 0. The lowest BCUT2D eigenvalue weighted by Crippen LogP contribution is -2.17. The Labute approximate surface area is 182 Å². The lowest BCUT2D eigenvalue weighted by Gasteiger charge is -2.12. The zero-order valence-corrected chi connectivity index (χ0v) is 16.4. The first-order valence-corrected chi connectivity index (χ1v) is 9.25. The summed E-state index contributed by atoms with van der Waals surface area (Å²) in [4.78, 5) is 12.5. The van der Waals surface area contributed by atoms with Crippen molar-refractivity contribution in [3.8, 4) is 34.3 Å². The molecule has 0 radical (unpaired) electrons. The fourth-order valence-electron chi connectivity index (χ4n) is 3.01. The van der Waals surface area contributed by atoms with Gasteiger partial charge in [0.1, 0.15) is 11.5 Å². The smallest absolute Gasteiger partial charge is 0.435 e. The molecular weight excluding hydrogens is 451 g/mol. The van der Waals surface area contributed by atoms with Crippen molar-refractivity contribution in [2.45, 2.75) is 13.0 Å². The second-order valence-corrected chi connectivity index (χ2v) is 6.52. The third-order valence-electron chi connectivity index (χ3n) is 4.32. The van der Waals surface area contributed by atoms with Crippen molar-refractivity contribution < 1.29 is 31.4 Å². The first-order chi connectivity index (χ1) is 15.7. The van der Waals surface area contributed by atoms with Crippen LogP contribution in [0.5, 0.6) is 11.5 Å². The van der Waals surface area contributed by atoms with Gasteiger partial charge in [0.15, 0.2) is 5.69 Å². The van der Waals surface area contributed by atoms with E-state index in [1.807, 2.05) is 0 Å². The summed E-state index contributed by atoms with van der Waals surface area (Å²) >= 11 is 0. The predicted octanol–water partition coefficient (Wildman–Crippen LogP) is 4.59. The van der Waals surface area contributed by atoms with E-state index in [1.54, 1.807) is 0 Å². The van der Waals surface area contributed by atoms with Crippen LogP contribution in [0.25, 0.3) is 22.8 Å². The van der Waals surface area contributed by atoms with E-state index in [-0.39, 0.29) is 22.8 Å². The second-order valence-electron chi connectivity index (χ2n) is 6.52. The SMILES string of the molecule is O=c1ccn(-c2ccc(OC(F)F)cc2)nc1-c1ccnn1-c1cccc(OC(F)(F)F)c1. The van der Waals surface area contributed by atoms with Crippen LogP contribution in [0.4, 0.5) is 22.0 Å². The summed E-state index contributed by atoms with van der Waals surface area (Å²) in [5.41, 5.74) is 0.376. The predicted molar refractivity (Wildman–Crippen MR) is 106 cm³/mol. The Morgan fingerprint density at radius 2 is 1.67 bits per heavy atom. The Bertz CT molecular complexity index is 1320. The highest BCUT2D eigenvalue weighted by molar-refractivity contribution is 5.58. The number of benzene rings is 2. The highest BCUT2D eigenvalue weighted by Crippen LogP contribution is 2.26. The largest absolute Gasteiger partial charge is 0.573 e. The first-order valence-electron chi connectivity index (χ1n) is 9.25. The summed E-state index contributed by atoms with van der Waals surface area (Å²) in [5, 5.41) is 8.37. The maximum Gasteiger partial charge on any atom is 0.573 e. The summed E-state index contributed by atoms with van der Waals surface area (Å²) in [5.74, 6) is -0.500. The monoisotopic (exact) mass is 464 g/mol. The quantitative estimate of drug-likeness (QED) is 0.391. The van der Waals surface area contributed by atoms with Crippen molar-refractivity contribution in [3.05, 3.63) is 83.3 Å². The summed E-state index contributed by atoms with van der Waals surface area (Å²) in [6, 6.07) is 13.4. The Hall–Kier alpha value is -4.22. The Balaban J connectivity index is 1.70. The zero-order chi connectivity index (χ0) is 23.6. The van der Waals surface area contributed by atoms with Gasteiger partial charge in [-0.15, -0.1) is 13.2 Å². The standard InChI is InChI=1S/C21H13F5N4O3/c22-20(23)32-15-6-4-13(5-7-15)29-11-9-18(31)19(28-29)17-8-10-27-30(17)14-2-1-3-16(12-14)33-21(24,25)26/h1-12,20H. The van der Waals surface area contributed by atoms with E-state index in [0.29, 0.717) is 5.69 Å². The zero-order valence-electron chi connectivity index (χ0n) is 16.4. The summed E-state index contributed by atoms with van der Waals surface area (Å²) < 4.78 is 73.2.